The van der Waals surface area contributed by atoms with Crippen LogP contribution in [-0.2, 0) is 19.5 Å². The number of rotatable bonds is 7. The van der Waals surface area contributed by atoms with E-state index in [0.717, 1.165) is 0 Å². The molecule has 2 fully saturated rings. The molecule has 1 aromatic heterocycles. The highest BCUT2D eigenvalue weighted by Crippen LogP contribution is 2.28. The topological polar surface area (TPSA) is 113 Å². The first-order valence-corrected chi connectivity index (χ1v) is 11.6. The fourth-order valence-electron chi connectivity index (χ4n) is 3.59. The summed E-state index contributed by atoms with van der Waals surface area (Å²) in [6, 6.07) is 1.35. The van der Waals surface area contributed by atoms with Gasteiger partial charge in [-0.3, -0.25) is 4.90 Å². The zero-order valence-electron chi connectivity index (χ0n) is 17.5. The molecule has 2 aliphatic rings. The van der Waals surface area contributed by atoms with E-state index in [1.165, 1.54) is 23.7 Å². The average molecular weight is 443 g/mol. The van der Waals surface area contributed by atoms with Crippen molar-refractivity contribution in [2.75, 3.05) is 71.0 Å². The number of nitrogens with zero attached hydrogens (tertiary/aromatic N) is 4. The van der Waals surface area contributed by atoms with Crippen molar-refractivity contribution < 1.29 is 27.8 Å². The highest BCUT2D eigenvalue weighted by atomic mass is 32.2. The number of hydrogen-bond acceptors (Lipinski definition) is 9. The van der Waals surface area contributed by atoms with Gasteiger partial charge >= 0.3 is 5.97 Å². The van der Waals surface area contributed by atoms with Gasteiger partial charge in [-0.25, -0.2) is 18.2 Å². The average Bonchev–Trinajstić information content (AvgIpc) is 2.79. The van der Waals surface area contributed by atoms with Crippen LogP contribution in [0.3, 0.4) is 0 Å². The van der Waals surface area contributed by atoms with Crippen molar-refractivity contribution >= 4 is 21.8 Å². The Morgan fingerprint density at radius 2 is 1.90 bits per heavy atom. The van der Waals surface area contributed by atoms with Crippen molar-refractivity contribution in [1.29, 1.82) is 0 Å². The van der Waals surface area contributed by atoms with Crippen molar-refractivity contribution in [2.24, 2.45) is 0 Å². The maximum atomic E-state index is 13.4. The van der Waals surface area contributed by atoms with Gasteiger partial charge in [0.25, 0.3) is 0 Å². The summed E-state index contributed by atoms with van der Waals surface area (Å²) in [5.41, 5.74) is 0.0952. The van der Waals surface area contributed by atoms with Gasteiger partial charge < -0.3 is 19.5 Å². The zero-order chi connectivity index (χ0) is 21.7. The van der Waals surface area contributed by atoms with E-state index in [1.54, 1.807) is 0 Å². The molecular weight excluding hydrogens is 412 g/mol. The molecule has 0 bridgehead atoms. The summed E-state index contributed by atoms with van der Waals surface area (Å²) in [5, 5.41) is 9.89. The van der Waals surface area contributed by atoms with Gasteiger partial charge in [0.05, 0.1) is 32.0 Å². The molecule has 0 spiro atoms. The first kappa shape index (κ1) is 22.9. The number of aliphatic hydroxyl groups is 1. The van der Waals surface area contributed by atoms with Crippen molar-refractivity contribution in [1.82, 2.24) is 14.2 Å². The van der Waals surface area contributed by atoms with Crippen molar-refractivity contribution in [2.45, 2.75) is 24.3 Å². The molecule has 1 N–H and O–H groups in total. The Balaban J connectivity index is 1.88. The summed E-state index contributed by atoms with van der Waals surface area (Å²) < 4.78 is 38.1. The number of morpholine rings is 1. The van der Waals surface area contributed by atoms with Crippen LogP contribution in [-0.4, -0.2) is 106 Å². The summed E-state index contributed by atoms with van der Waals surface area (Å²) in [7, 11) is -2.61. The summed E-state index contributed by atoms with van der Waals surface area (Å²) >= 11 is 0. The number of aliphatic hydroxyl groups excluding tert-OH is 1. The third kappa shape index (κ3) is 5.09. The minimum atomic E-state index is -3.85. The number of methoxy groups -OCH3 is 1. The number of sulfonamides is 1. The molecule has 2 aliphatic heterocycles. The molecule has 168 valence electrons. The van der Waals surface area contributed by atoms with Gasteiger partial charge in [-0.2, -0.15) is 4.31 Å². The Kier molecular flexibility index (Phi) is 7.64. The lowest BCUT2D eigenvalue weighted by atomic mass is 10.2. The molecule has 1 atom stereocenters. The minimum absolute atomic E-state index is 0.00865. The first-order chi connectivity index (χ1) is 14.4. The third-order valence-electron chi connectivity index (χ3n) is 5.45. The predicted molar refractivity (Wildman–Crippen MR) is 110 cm³/mol. The number of carbonyl (C=O) groups is 1. The molecule has 1 aromatic rings. The van der Waals surface area contributed by atoms with Gasteiger partial charge in [-0.1, -0.05) is 6.92 Å². The van der Waals surface area contributed by atoms with Crippen LogP contribution in [0.1, 0.15) is 23.7 Å². The third-order valence-corrected chi connectivity index (χ3v) is 7.36. The Morgan fingerprint density at radius 3 is 2.50 bits per heavy atom. The summed E-state index contributed by atoms with van der Waals surface area (Å²) in [5.74, 6) is -0.296. The van der Waals surface area contributed by atoms with Crippen LogP contribution in [0, 0.1) is 0 Å². The van der Waals surface area contributed by atoms with E-state index in [0.29, 0.717) is 58.2 Å². The van der Waals surface area contributed by atoms with E-state index in [4.69, 9.17) is 9.47 Å². The molecule has 1 unspecified atom stereocenters. The molecule has 11 heteroatoms. The van der Waals surface area contributed by atoms with E-state index >= 15 is 0 Å². The Morgan fingerprint density at radius 1 is 1.23 bits per heavy atom. The number of aromatic nitrogens is 1. The highest BCUT2D eigenvalue weighted by molar-refractivity contribution is 7.89. The quantitative estimate of drug-likeness (QED) is 0.573. The molecule has 10 nitrogen and oxygen atoms in total. The SMILES string of the molecule is CCC(O)CN1CCN(c2ncc(C(=O)OC)cc2S(=O)(=O)N2CCOCC2)CC1. The van der Waals surface area contributed by atoms with Gasteiger partial charge in [0.15, 0.2) is 0 Å². The largest absolute Gasteiger partial charge is 0.465 e. The molecule has 0 aromatic carbocycles. The van der Waals surface area contributed by atoms with Crippen LogP contribution in [0.25, 0.3) is 0 Å². The van der Waals surface area contributed by atoms with Gasteiger partial charge in [0, 0.05) is 52.0 Å². The molecular formula is C19H30N4O6S. The van der Waals surface area contributed by atoms with Gasteiger partial charge in [-0.05, 0) is 12.5 Å². The van der Waals surface area contributed by atoms with Gasteiger partial charge in [0.1, 0.15) is 10.7 Å². The number of piperazine rings is 1. The lowest BCUT2D eigenvalue weighted by molar-refractivity contribution is 0.0599. The minimum Gasteiger partial charge on any atom is -0.465 e. The summed E-state index contributed by atoms with van der Waals surface area (Å²) in [6.45, 7) is 6.24. The van der Waals surface area contributed by atoms with Crippen molar-refractivity contribution in [3.8, 4) is 0 Å². The highest BCUT2D eigenvalue weighted by Gasteiger charge is 2.33. The first-order valence-electron chi connectivity index (χ1n) is 10.2. The second kappa shape index (κ2) is 10.0. The van der Waals surface area contributed by atoms with E-state index in [-0.39, 0.29) is 29.7 Å². The standard InChI is InChI=1S/C19H30N4O6S/c1-3-16(24)14-21-4-6-22(7-5-21)18-17(12-15(13-20-18)19(25)28-2)30(26,27)23-8-10-29-11-9-23/h12-13,16,24H,3-11,14H2,1-2H3. The summed E-state index contributed by atoms with van der Waals surface area (Å²) in [6.07, 6.45) is 1.68. The van der Waals surface area contributed by atoms with Crippen LogP contribution < -0.4 is 4.90 Å². The second-order valence-corrected chi connectivity index (χ2v) is 9.31. The number of β-amino-alcohol motifs (C(OH)–C–C–N with tert-alkyl or cyclic N) is 1. The Hall–Kier alpha value is -1.79. The smallest absolute Gasteiger partial charge is 0.339 e. The molecule has 0 amide bonds. The predicted octanol–water partition coefficient (Wildman–Crippen LogP) is -0.218. The van der Waals surface area contributed by atoms with E-state index in [9.17, 15) is 18.3 Å². The molecule has 3 rings (SSSR count). The number of ether oxygens (including phenoxy) is 2. The number of anilines is 1. The Bertz CT molecular complexity index is 835. The fraction of sp³-hybridized carbons (Fsp3) is 0.684. The molecule has 30 heavy (non-hydrogen) atoms. The number of esters is 1. The zero-order valence-corrected chi connectivity index (χ0v) is 18.3. The maximum absolute atomic E-state index is 13.4. The lowest BCUT2D eigenvalue weighted by Gasteiger charge is -2.37. The van der Waals surface area contributed by atoms with Crippen molar-refractivity contribution in [3.63, 3.8) is 0 Å². The van der Waals surface area contributed by atoms with Gasteiger partial charge in [0.2, 0.25) is 10.0 Å². The van der Waals surface area contributed by atoms with E-state index in [1.807, 2.05) is 11.8 Å². The normalized spacial score (nSPS) is 20.2. The van der Waals surface area contributed by atoms with Crippen LogP contribution in [0.2, 0.25) is 0 Å². The van der Waals surface area contributed by atoms with Crippen LogP contribution in [0.4, 0.5) is 5.82 Å². The Labute approximate surface area is 177 Å². The lowest BCUT2D eigenvalue weighted by Crippen LogP contribution is -2.49. The number of carbonyl (C=O) groups excluding carboxylic acids is 1. The number of pyridine rings is 1. The molecule has 2 saturated heterocycles. The molecule has 0 radical (unpaired) electrons. The molecule has 0 aliphatic carbocycles. The molecule has 3 heterocycles. The van der Waals surface area contributed by atoms with E-state index < -0.39 is 16.0 Å². The maximum Gasteiger partial charge on any atom is 0.339 e. The molecule has 0 saturated carbocycles. The monoisotopic (exact) mass is 442 g/mol. The second-order valence-electron chi connectivity index (χ2n) is 7.40. The van der Waals surface area contributed by atoms with Gasteiger partial charge in [-0.15, -0.1) is 0 Å². The van der Waals surface area contributed by atoms with E-state index in [2.05, 4.69) is 9.88 Å². The number of hydrogen-bond donors (Lipinski definition) is 1. The summed E-state index contributed by atoms with van der Waals surface area (Å²) in [4.78, 5) is 20.4. The van der Waals surface area contributed by atoms with Crippen molar-refractivity contribution in [3.05, 3.63) is 17.8 Å². The fourth-order valence-corrected chi connectivity index (χ4v) is 5.19. The van der Waals surface area contributed by atoms with Crippen LogP contribution >= 0.6 is 0 Å². The van der Waals surface area contributed by atoms with Crippen LogP contribution in [0.5, 0.6) is 0 Å². The van der Waals surface area contributed by atoms with Crippen LogP contribution in [0.15, 0.2) is 17.2 Å².